The summed E-state index contributed by atoms with van der Waals surface area (Å²) in [6.07, 6.45) is 0.365. The maximum Gasteiger partial charge on any atom is 0.265 e. The van der Waals surface area contributed by atoms with Gasteiger partial charge in [0.15, 0.2) is 6.10 Å². The van der Waals surface area contributed by atoms with Crippen molar-refractivity contribution in [3.8, 4) is 11.5 Å². The zero-order chi connectivity index (χ0) is 18.8. The van der Waals surface area contributed by atoms with E-state index in [0.717, 1.165) is 6.42 Å². The summed E-state index contributed by atoms with van der Waals surface area (Å²) in [7, 11) is 0. The number of carbonyl (C=O) groups is 1. The van der Waals surface area contributed by atoms with Crippen LogP contribution in [0.1, 0.15) is 26.3 Å². The van der Waals surface area contributed by atoms with Crippen LogP contribution < -0.4 is 14.8 Å². The lowest BCUT2D eigenvalue weighted by Crippen LogP contribution is -2.30. The molecule has 0 aromatic heterocycles. The Kier molecular flexibility index (Phi) is 7.96. The summed E-state index contributed by atoms with van der Waals surface area (Å²) in [5.41, 5.74) is 1.90. The summed E-state index contributed by atoms with van der Waals surface area (Å²) in [5, 5.41) is 2.85. The molecule has 2 rings (SSSR count). The fourth-order valence-electron chi connectivity index (χ4n) is 2.33. The van der Waals surface area contributed by atoms with Crippen LogP contribution in [-0.4, -0.2) is 31.8 Å². The van der Waals surface area contributed by atoms with Crippen molar-refractivity contribution in [2.45, 2.75) is 33.3 Å². The molecule has 0 bridgehead atoms. The molecule has 2 aromatic carbocycles. The largest absolute Gasteiger partial charge is 0.491 e. The van der Waals surface area contributed by atoms with E-state index >= 15 is 0 Å². The van der Waals surface area contributed by atoms with Crippen molar-refractivity contribution in [3.05, 3.63) is 54.1 Å². The first-order valence-corrected chi connectivity index (χ1v) is 8.99. The van der Waals surface area contributed by atoms with Gasteiger partial charge in [0.25, 0.3) is 5.91 Å². The number of hydrogen-bond acceptors (Lipinski definition) is 4. The van der Waals surface area contributed by atoms with Gasteiger partial charge >= 0.3 is 0 Å². The van der Waals surface area contributed by atoms with E-state index in [1.807, 2.05) is 49.4 Å². The first-order valence-electron chi connectivity index (χ1n) is 8.99. The van der Waals surface area contributed by atoms with Crippen molar-refractivity contribution in [1.29, 1.82) is 0 Å². The molecule has 0 heterocycles. The van der Waals surface area contributed by atoms with Crippen molar-refractivity contribution in [2.24, 2.45) is 0 Å². The fourth-order valence-corrected chi connectivity index (χ4v) is 2.33. The third kappa shape index (κ3) is 6.41. The van der Waals surface area contributed by atoms with Gasteiger partial charge in [0.1, 0.15) is 18.1 Å². The van der Waals surface area contributed by atoms with Gasteiger partial charge < -0.3 is 19.5 Å². The number of nitrogens with one attached hydrogen (secondary N) is 1. The molecule has 0 spiro atoms. The minimum atomic E-state index is -0.606. The molecule has 0 radical (unpaired) electrons. The van der Waals surface area contributed by atoms with E-state index in [4.69, 9.17) is 14.2 Å². The minimum absolute atomic E-state index is 0.212. The van der Waals surface area contributed by atoms with Crippen LogP contribution in [0.5, 0.6) is 11.5 Å². The Morgan fingerprint density at radius 1 is 1.04 bits per heavy atom. The summed E-state index contributed by atoms with van der Waals surface area (Å²) in [4.78, 5) is 12.4. The zero-order valence-electron chi connectivity index (χ0n) is 15.7. The van der Waals surface area contributed by atoms with Gasteiger partial charge in [0.05, 0.1) is 6.61 Å². The van der Waals surface area contributed by atoms with Crippen molar-refractivity contribution in [2.75, 3.05) is 25.1 Å². The van der Waals surface area contributed by atoms with Crippen molar-refractivity contribution >= 4 is 11.6 Å². The molecule has 5 heteroatoms. The number of amides is 1. The van der Waals surface area contributed by atoms with E-state index in [1.165, 1.54) is 5.56 Å². The lowest BCUT2D eigenvalue weighted by Gasteiger charge is -2.15. The molecule has 0 aliphatic carbocycles. The SMILES string of the molecule is CCOCCOc1cccc(NC(=O)C(C)Oc2ccc(CC)cc2)c1. The molecule has 2 aromatic rings. The van der Waals surface area contributed by atoms with E-state index in [9.17, 15) is 4.79 Å². The maximum atomic E-state index is 12.4. The zero-order valence-corrected chi connectivity index (χ0v) is 15.7. The second kappa shape index (κ2) is 10.5. The molecule has 26 heavy (non-hydrogen) atoms. The van der Waals surface area contributed by atoms with Gasteiger partial charge in [-0.15, -0.1) is 0 Å². The molecule has 0 aliphatic rings. The van der Waals surface area contributed by atoms with E-state index in [1.54, 1.807) is 13.0 Å². The van der Waals surface area contributed by atoms with Crippen LogP contribution in [0.3, 0.4) is 0 Å². The standard InChI is InChI=1S/C21H27NO4/c1-4-17-9-11-19(12-10-17)26-16(3)21(23)22-18-7-6-8-20(15-18)25-14-13-24-5-2/h6-12,15-16H,4-5,13-14H2,1-3H3,(H,22,23). The number of benzene rings is 2. The molecular formula is C21H27NO4. The van der Waals surface area contributed by atoms with Gasteiger partial charge in [-0.3, -0.25) is 4.79 Å². The molecule has 5 nitrogen and oxygen atoms in total. The molecule has 1 amide bonds. The van der Waals surface area contributed by atoms with Crippen LogP contribution in [0.2, 0.25) is 0 Å². The molecule has 0 fully saturated rings. The number of anilines is 1. The summed E-state index contributed by atoms with van der Waals surface area (Å²) in [5.74, 6) is 1.15. The van der Waals surface area contributed by atoms with Crippen LogP contribution >= 0.6 is 0 Å². The van der Waals surface area contributed by atoms with E-state index < -0.39 is 6.10 Å². The number of aryl methyl sites for hydroxylation is 1. The van der Waals surface area contributed by atoms with Gasteiger partial charge in [-0.2, -0.15) is 0 Å². The molecular weight excluding hydrogens is 330 g/mol. The van der Waals surface area contributed by atoms with E-state index in [2.05, 4.69) is 12.2 Å². The first kappa shape index (κ1) is 19.8. The normalized spacial score (nSPS) is 11.7. The number of hydrogen-bond donors (Lipinski definition) is 1. The van der Waals surface area contributed by atoms with Crippen LogP contribution in [0.25, 0.3) is 0 Å². The van der Waals surface area contributed by atoms with Crippen LogP contribution in [0, 0.1) is 0 Å². The van der Waals surface area contributed by atoms with Gasteiger partial charge in [-0.05, 0) is 50.1 Å². The van der Waals surface area contributed by atoms with Gasteiger partial charge in [0, 0.05) is 18.4 Å². The average molecular weight is 357 g/mol. The van der Waals surface area contributed by atoms with Gasteiger partial charge in [0.2, 0.25) is 0 Å². The monoisotopic (exact) mass is 357 g/mol. The molecule has 0 saturated heterocycles. The third-order valence-electron chi connectivity index (χ3n) is 3.82. The van der Waals surface area contributed by atoms with Crippen LogP contribution in [0.15, 0.2) is 48.5 Å². The Morgan fingerprint density at radius 2 is 1.81 bits per heavy atom. The Morgan fingerprint density at radius 3 is 2.50 bits per heavy atom. The molecule has 1 N–H and O–H groups in total. The summed E-state index contributed by atoms with van der Waals surface area (Å²) in [6.45, 7) is 7.44. The fraction of sp³-hybridized carbons (Fsp3) is 0.381. The predicted octanol–water partition coefficient (Wildman–Crippen LogP) is 4.07. The molecule has 1 unspecified atom stereocenters. The second-order valence-corrected chi connectivity index (χ2v) is 5.82. The second-order valence-electron chi connectivity index (χ2n) is 5.82. The topological polar surface area (TPSA) is 56.8 Å². The highest BCUT2D eigenvalue weighted by atomic mass is 16.5. The predicted molar refractivity (Wildman–Crippen MR) is 103 cm³/mol. The Labute approximate surface area is 155 Å². The highest BCUT2D eigenvalue weighted by molar-refractivity contribution is 5.94. The molecule has 1 atom stereocenters. The highest BCUT2D eigenvalue weighted by Gasteiger charge is 2.15. The molecule has 0 saturated carbocycles. The summed E-state index contributed by atoms with van der Waals surface area (Å²) < 4.78 is 16.6. The van der Waals surface area contributed by atoms with E-state index in [-0.39, 0.29) is 5.91 Å². The Balaban J connectivity index is 1.87. The van der Waals surface area contributed by atoms with Gasteiger partial charge in [-0.25, -0.2) is 0 Å². The van der Waals surface area contributed by atoms with Crippen molar-refractivity contribution < 1.29 is 19.0 Å². The lowest BCUT2D eigenvalue weighted by atomic mass is 10.2. The van der Waals surface area contributed by atoms with Crippen molar-refractivity contribution in [3.63, 3.8) is 0 Å². The molecule has 0 aliphatic heterocycles. The quantitative estimate of drug-likeness (QED) is 0.651. The van der Waals surface area contributed by atoms with E-state index in [0.29, 0.717) is 37.0 Å². The number of ether oxygens (including phenoxy) is 3. The average Bonchev–Trinajstić information content (AvgIpc) is 2.66. The smallest absolute Gasteiger partial charge is 0.265 e. The lowest BCUT2D eigenvalue weighted by molar-refractivity contribution is -0.122. The number of carbonyl (C=O) groups excluding carboxylic acids is 1. The summed E-state index contributed by atoms with van der Waals surface area (Å²) >= 11 is 0. The number of rotatable bonds is 10. The highest BCUT2D eigenvalue weighted by Crippen LogP contribution is 2.19. The maximum absolute atomic E-state index is 12.4. The van der Waals surface area contributed by atoms with Crippen molar-refractivity contribution in [1.82, 2.24) is 0 Å². The third-order valence-corrected chi connectivity index (χ3v) is 3.82. The Bertz CT molecular complexity index is 685. The minimum Gasteiger partial charge on any atom is -0.491 e. The molecule has 140 valence electrons. The van der Waals surface area contributed by atoms with Gasteiger partial charge in [-0.1, -0.05) is 25.1 Å². The van der Waals surface area contributed by atoms with Crippen LogP contribution in [-0.2, 0) is 16.0 Å². The first-order chi connectivity index (χ1) is 12.6. The summed E-state index contributed by atoms with van der Waals surface area (Å²) in [6, 6.07) is 15.1. The Hall–Kier alpha value is -2.53. The van der Waals surface area contributed by atoms with Crippen LogP contribution in [0.4, 0.5) is 5.69 Å².